The third-order valence-electron chi connectivity index (χ3n) is 7.48. The highest BCUT2D eigenvalue weighted by Crippen LogP contribution is 2.29. The molecule has 1 aliphatic heterocycles. The van der Waals surface area contributed by atoms with Crippen molar-refractivity contribution in [2.75, 3.05) is 23.8 Å². The Balaban J connectivity index is 1.27. The molecule has 1 atom stereocenters. The van der Waals surface area contributed by atoms with Crippen molar-refractivity contribution in [1.29, 1.82) is 0 Å². The van der Waals surface area contributed by atoms with Crippen molar-refractivity contribution in [2.24, 2.45) is 0 Å². The van der Waals surface area contributed by atoms with Crippen molar-refractivity contribution in [2.45, 2.75) is 71.5 Å². The maximum absolute atomic E-state index is 13.2. The van der Waals surface area contributed by atoms with Gasteiger partial charge in [0.25, 0.3) is 0 Å². The van der Waals surface area contributed by atoms with E-state index in [1.165, 1.54) is 17.5 Å². The summed E-state index contributed by atoms with van der Waals surface area (Å²) < 4.78 is 13.4. The molecular formula is C33H40N4O3. The Bertz CT molecular complexity index is 1460. The molecule has 2 amide bonds. The van der Waals surface area contributed by atoms with E-state index in [1.807, 2.05) is 30.3 Å². The predicted molar refractivity (Wildman–Crippen MR) is 161 cm³/mol. The molecule has 5 rings (SSSR count). The van der Waals surface area contributed by atoms with Crippen LogP contribution in [0, 0.1) is 6.92 Å². The van der Waals surface area contributed by atoms with Crippen molar-refractivity contribution in [3.05, 3.63) is 83.6 Å². The van der Waals surface area contributed by atoms with Crippen molar-refractivity contribution in [3.8, 4) is 5.69 Å². The Labute approximate surface area is 236 Å². The van der Waals surface area contributed by atoms with E-state index >= 15 is 0 Å². The molecule has 1 aromatic heterocycles. The third kappa shape index (κ3) is 6.54. The molecule has 0 saturated carbocycles. The largest absolute Gasteiger partial charge is 0.353 e. The fourth-order valence-corrected chi connectivity index (χ4v) is 5.17. The van der Waals surface area contributed by atoms with Crippen molar-refractivity contribution in [3.63, 3.8) is 0 Å². The zero-order valence-corrected chi connectivity index (χ0v) is 24.0. The van der Waals surface area contributed by atoms with Gasteiger partial charge >= 0.3 is 6.03 Å². The summed E-state index contributed by atoms with van der Waals surface area (Å²) in [6, 6.07) is 20.2. The lowest BCUT2D eigenvalue weighted by atomic mass is 9.86. The van der Waals surface area contributed by atoms with E-state index in [4.69, 9.17) is 9.47 Å². The maximum Gasteiger partial charge on any atom is 0.324 e. The zero-order valence-electron chi connectivity index (χ0n) is 24.0. The van der Waals surface area contributed by atoms with Crippen LogP contribution in [-0.4, -0.2) is 35.3 Å². The monoisotopic (exact) mass is 540 g/mol. The van der Waals surface area contributed by atoms with Crippen LogP contribution in [0.2, 0.25) is 0 Å². The Morgan fingerprint density at radius 2 is 1.88 bits per heavy atom. The molecule has 210 valence electrons. The minimum absolute atomic E-state index is 0.00458. The second kappa shape index (κ2) is 12.2. The van der Waals surface area contributed by atoms with Gasteiger partial charge in [-0.3, -0.25) is 5.32 Å². The molecule has 0 bridgehead atoms. The number of amides is 2. The van der Waals surface area contributed by atoms with Crippen LogP contribution >= 0.6 is 0 Å². The summed E-state index contributed by atoms with van der Waals surface area (Å²) in [6.07, 6.45) is 6.73. The lowest BCUT2D eigenvalue weighted by molar-refractivity contribution is -0.162. The van der Waals surface area contributed by atoms with Crippen molar-refractivity contribution < 1.29 is 14.3 Å². The topological polar surface area (TPSA) is 77.4 Å². The van der Waals surface area contributed by atoms with Crippen molar-refractivity contribution in [1.82, 2.24) is 9.78 Å². The fourth-order valence-electron chi connectivity index (χ4n) is 5.17. The van der Waals surface area contributed by atoms with E-state index < -0.39 is 0 Å². The second-order valence-electron chi connectivity index (χ2n) is 11.5. The van der Waals surface area contributed by atoms with E-state index in [0.717, 1.165) is 60.0 Å². The molecule has 2 N–H and O–H groups in total. The molecule has 0 radical (unpaired) electrons. The van der Waals surface area contributed by atoms with Crippen LogP contribution in [-0.2, 0) is 21.3 Å². The number of hydrogen-bond acceptors (Lipinski definition) is 4. The van der Waals surface area contributed by atoms with E-state index in [-0.39, 0.29) is 17.7 Å². The maximum atomic E-state index is 13.2. The molecule has 1 aliphatic rings. The average molecular weight is 541 g/mol. The zero-order chi connectivity index (χ0) is 28.1. The fraction of sp³-hybridized carbons (Fsp3) is 0.394. The SMILES string of the molecule is Cc1ccc(C(C)(C)C)cc1-n1nccc1NC(=O)Nc1ccc(CCCOC2CCCCO2)c2ccccc12. The highest BCUT2D eigenvalue weighted by Gasteiger charge is 2.18. The van der Waals surface area contributed by atoms with Gasteiger partial charge in [0.1, 0.15) is 5.82 Å². The third-order valence-corrected chi connectivity index (χ3v) is 7.48. The summed E-state index contributed by atoms with van der Waals surface area (Å²) in [5, 5.41) is 12.7. The van der Waals surface area contributed by atoms with Crippen LogP contribution in [0.4, 0.5) is 16.3 Å². The molecule has 0 aliphatic carbocycles. The summed E-state index contributed by atoms with van der Waals surface area (Å²) >= 11 is 0. The van der Waals surface area contributed by atoms with Gasteiger partial charge in [0, 0.05) is 18.1 Å². The number of rotatable bonds is 8. The first kappa shape index (κ1) is 27.9. The number of fused-ring (bicyclic) bond motifs is 1. The summed E-state index contributed by atoms with van der Waals surface area (Å²) in [5.41, 5.74) is 5.24. The van der Waals surface area contributed by atoms with E-state index in [1.54, 1.807) is 10.9 Å². The molecular weight excluding hydrogens is 500 g/mol. The normalized spacial score (nSPS) is 15.8. The minimum Gasteiger partial charge on any atom is -0.353 e. The van der Waals surface area contributed by atoms with Gasteiger partial charge in [-0.05, 0) is 78.7 Å². The molecule has 4 aromatic rings. The minimum atomic E-state index is -0.315. The number of aryl methyl sites for hydroxylation is 2. The van der Waals surface area contributed by atoms with Gasteiger partial charge in [0.2, 0.25) is 0 Å². The summed E-state index contributed by atoms with van der Waals surface area (Å²) in [6.45, 7) is 10.1. The van der Waals surface area contributed by atoms with Gasteiger partial charge in [0.15, 0.2) is 6.29 Å². The number of carbonyl (C=O) groups excluding carboxylic acids is 1. The number of urea groups is 1. The number of benzene rings is 3. The predicted octanol–water partition coefficient (Wildman–Crippen LogP) is 7.75. The Morgan fingerprint density at radius 1 is 1.05 bits per heavy atom. The molecule has 2 heterocycles. The number of anilines is 2. The van der Waals surface area contributed by atoms with Gasteiger partial charge < -0.3 is 14.8 Å². The number of nitrogens with one attached hydrogen (secondary N) is 2. The van der Waals surface area contributed by atoms with Crippen LogP contribution in [0.3, 0.4) is 0 Å². The standard InChI is InChI=1S/C33H40N4O3/c1-23-14-16-25(33(2,3)4)22-29(23)37-30(18-19-34-37)36-32(38)35-28-17-15-24(26-11-5-6-12-27(26)28)10-9-21-40-31-13-7-8-20-39-31/h5-6,11-12,14-19,22,31H,7-10,13,20-21H2,1-4H3,(H2,35,36,38). The molecule has 7 heteroatoms. The van der Waals surface area contributed by atoms with Gasteiger partial charge in [-0.1, -0.05) is 63.2 Å². The second-order valence-corrected chi connectivity index (χ2v) is 11.5. The first-order chi connectivity index (χ1) is 19.3. The number of carbonyl (C=O) groups is 1. The average Bonchev–Trinajstić information content (AvgIpc) is 3.39. The van der Waals surface area contributed by atoms with Crippen LogP contribution in [0.5, 0.6) is 0 Å². The summed E-state index contributed by atoms with van der Waals surface area (Å²) in [4.78, 5) is 13.2. The van der Waals surface area contributed by atoms with Gasteiger partial charge in [-0.2, -0.15) is 5.10 Å². The van der Waals surface area contributed by atoms with Crippen LogP contribution in [0.25, 0.3) is 16.5 Å². The van der Waals surface area contributed by atoms with E-state index in [2.05, 4.69) is 73.8 Å². The lowest BCUT2D eigenvalue weighted by Crippen LogP contribution is -2.22. The molecule has 1 saturated heterocycles. The molecule has 0 spiro atoms. The highest BCUT2D eigenvalue weighted by atomic mass is 16.7. The Morgan fingerprint density at radius 3 is 2.65 bits per heavy atom. The van der Waals surface area contributed by atoms with Gasteiger partial charge in [-0.25, -0.2) is 9.48 Å². The lowest BCUT2D eigenvalue weighted by Gasteiger charge is -2.22. The summed E-state index contributed by atoms with van der Waals surface area (Å²) in [5.74, 6) is 0.606. The molecule has 3 aromatic carbocycles. The highest BCUT2D eigenvalue weighted by molar-refractivity contribution is 6.06. The molecule has 1 fully saturated rings. The van der Waals surface area contributed by atoms with Crippen molar-refractivity contribution >= 4 is 28.3 Å². The van der Waals surface area contributed by atoms with E-state index in [9.17, 15) is 4.79 Å². The van der Waals surface area contributed by atoms with Crippen LogP contribution < -0.4 is 10.6 Å². The van der Waals surface area contributed by atoms with Crippen LogP contribution in [0.1, 0.15) is 63.1 Å². The first-order valence-electron chi connectivity index (χ1n) is 14.3. The number of nitrogens with zero attached hydrogens (tertiary/aromatic N) is 2. The quantitative estimate of drug-likeness (QED) is 0.224. The Hall–Kier alpha value is -3.68. The van der Waals surface area contributed by atoms with Gasteiger partial charge in [-0.15, -0.1) is 0 Å². The summed E-state index contributed by atoms with van der Waals surface area (Å²) in [7, 11) is 0. The Kier molecular flexibility index (Phi) is 8.52. The number of aromatic nitrogens is 2. The number of ether oxygens (including phenoxy) is 2. The molecule has 1 unspecified atom stereocenters. The molecule has 7 nitrogen and oxygen atoms in total. The smallest absolute Gasteiger partial charge is 0.324 e. The van der Waals surface area contributed by atoms with Crippen LogP contribution in [0.15, 0.2) is 66.9 Å². The molecule has 40 heavy (non-hydrogen) atoms. The number of hydrogen-bond donors (Lipinski definition) is 2. The van der Waals surface area contributed by atoms with E-state index in [0.29, 0.717) is 12.4 Å². The van der Waals surface area contributed by atoms with Gasteiger partial charge in [0.05, 0.1) is 24.2 Å². The first-order valence-corrected chi connectivity index (χ1v) is 14.3.